The maximum Gasteiger partial charge on any atom is 0.393 e. The predicted molar refractivity (Wildman–Crippen MR) is 28.8 cm³/mol. The topological polar surface area (TPSA) is 80.3 Å². The molecule has 0 heterocycles. The van der Waals surface area contributed by atoms with E-state index in [1.165, 1.54) is 0 Å². The summed E-state index contributed by atoms with van der Waals surface area (Å²) in [5.41, 5.74) is -1.37. The zero-order valence-electron chi connectivity index (χ0n) is 6.05. The lowest BCUT2D eigenvalue weighted by molar-refractivity contribution is -0.303. The van der Waals surface area contributed by atoms with Crippen LogP contribution in [0, 0.1) is 0 Å². The Labute approximate surface area is 70.3 Å². The van der Waals surface area contributed by atoms with E-state index >= 15 is 0 Å². The highest BCUT2D eigenvalue weighted by Crippen LogP contribution is 2.23. The maximum atomic E-state index is 11.6. The van der Waals surface area contributed by atoms with E-state index < -0.39 is 30.1 Å². The summed E-state index contributed by atoms with van der Waals surface area (Å²) in [4.78, 5) is 19.7. The van der Waals surface area contributed by atoms with Crippen molar-refractivity contribution < 1.29 is 33.0 Å². The normalized spacial score (nSPS) is 12.7. The molecule has 0 saturated carbocycles. The van der Waals surface area contributed by atoms with E-state index in [4.69, 9.17) is 0 Å². The van der Waals surface area contributed by atoms with Crippen LogP contribution in [0.2, 0.25) is 0 Å². The second-order valence-electron chi connectivity index (χ2n) is 2.07. The molecule has 0 aromatic carbocycles. The van der Waals surface area contributed by atoms with Gasteiger partial charge in [0, 0.05) is 0 Å². The number of alkyl halides is 3. The molecular formula is C6H3F3O4-2. The number of carboxylic acids is 2. The molecule has 0 aliphatic heterocycles. The van der Waals surface area contributed by atoms with E-state index in [1.54, 1.807) is 0 Å². The first-order valence-electron chi connectivity index (χ1n) is 2.92. The van der Waals surface area contributed by atoms with Crippen molar-refractivity contribution in [1.82, 2.24) is 0 Å². The monoisotopic (exact) mass is 196 g/mol. The van der Waals surface area contributed by atoms with Gasteiger partial charge in [-0.2, -0.15) is 13.2 Å². The van der Waals surface area contributed by atoms with Gasteiger partial charge in [0.25, 0.3) is 0 Å². The Hall–Kier alpha value is -1.53. The van der Waals surface area contributed by atoms with Crippen LogP contribution < -0.4 is 10.2 Å². The second kappa shape index (κ2) is 3.92. The highest BCUT2D eigenvalue weighted by atomic mass is 19.4. The van der Waals surface area contributed by atoms with Gasteiger partial charge in [0.2, 0.25) is 0 Å². The van der Waals surface area contributed by atoms with Crippen molar-refractivity contribution in [3.05, 3.63) is 11.6 Å². The minimum Gasteiger partial charge on any atom is -0.545 e. The van der Waals surface area contributed by atoms with Crippen molar-refractivity contribution in [2.24, 2.45) is 0 Å². The SMILES string of the molecule is O=C([O-])/C=C(\CC(F)(F)F)C(=O)[O-]. The highest BCUT2D eigenvalue weighted by molar-refractivity contribution is 5.92. The summed E-state index contributed by atoms with van der Waals surface area (Å²) in [7, 11) is 0. The van der Waals surface area contributed by atoms with Crippen molar-refractivity contribution in [2.75, 3.05) is 0 Å². The number of rotatable bonds is 3. The lowest BCUT2D eigenvalue weighted by Crippen LogP contribution is -2.30. The molecule has 0 N–H and O–H groups in total. The van der Waals surface area contributed by atoms with Crippen LogP contribution in [-0.2, 0) is 9.59 Å². The lowest BCUT2D eigenvalue weighted by atomic mass is 10.2. The van der Waals surface area contributed by atoms with Crippen LogP contribution in [0.1, 0.15) is 6.42 Å². The van der Waals surface area contributed by atoms with Crippen molar-refractivity contribution in [3.8, 4) is 0 Å². The van der Waals surface area contributed by atoms with Crippen LogP contribution in [0.4, 0.5) is 13.2 Å². The zero-order chi connectivity index (χ0) is 10.6. The summed E-state index contributed by atoms with van der Waals surface area (Å²) in [5, 5.41) is 19.7. The number of hydrogen-bond donors (Lipinski definition) is 0. The van der Waals surface area contributed by atoms with Crippen LogP contribution >= 0.6 is 0 Å². The van der Waals surface area contributed by atoms with E-state index in [1.807, 2.05) is 0 Å². The molecule has 0 spiro atoms. The molecule has 0 rings (SSSR count). The molecule has 74 valence electrons. The third-order valence-corrected chi connectivity index (χ3v) is 0.945. The van der Waals surface area contributed by atoms with Crippen LogP contribution in [0.3, 0.4) is 0 Å². The van der Waals surface area contributed by atoms with Gasteiger partial charge in [0.1, 0.15) is 0 Å². The quantitative estimate of drug-likeness (QED) is 0.507. The first-order chi connectivity index (χ1) is 5.72. The molecule has 0 fully saturated rings. The van der Waals surface area contributed by atoms with Crippen LogP contribution in [0.25, 0.3) is 0 Å². The number of carboxylic acid groups (broad SMARTS) is 2. The Balaban J connectivity index is 4.65. The van der Waals surface area contributed by atoms with Gasteiger partial charge < -0.3 is 19.8 Å². The Morgan fingerprint density at radius 2 is 1.69 bits per heavy atom. The Kier molecular flexibility index (Phi) is 3.46. The van der Waals surface area contributed by atoms with Gasteiger partial charge in [-0.1, -0.05) is 0 Å². The summed E-state index contributed by atoms with van der Waals surface area (Å²) < 4.78 is 34.7. The molecule has 0 radical (unpaired) electrons. The summed E-state index contributed by atoms with van der Waals surface area (Å²) in [6, 6.07) is 0. The Bertz CT molecular complexity index is 253. The first-order valence-corrected chi connectivity index (χ1v) is 2.92. The smallest absolute Gasteiger partial charge is 0.393 e. The third kappa shape index (κ3) is 5.71. The maximum absolute atomic E-state index is 11.6. The summed E-state index contributed by atoms with van der Waals surface area (Å²) in [6.45, 7) is 0. The number of hydrogen-bond acceptors (Lipinski definition) is 4. The minimum atomic E-state index is -4.79. The summed E-state index contributed by atoms with van der Waals surface area (Å²) in [5.74, 6) is -4.19. The van der Waals surface area contributed by atoms with Crippen molar-refractivity contribution in [1.29, 1.82) is 0 Å². The molecule has 0 atom stereocenters. The molecule has 0 saturated heterocycles. The number of aliphatic carboxylic acids is 2. The molecule has 0 bridgehead atoms. The highest BCUT2D eigenvalue weighted by Gasteiger charge is 2.29. The Morgan fingerprint density at radius 1 is 1.23 bits per heavy atom. The fourth-order valence-corrected chi connectivity index (χ4v) is 0.540. The molecule has 0 amide bonds. The van der Waals surface area contributed by atoms with Gasteiger partial charge in [-0.3, -0.25) is 0 Å². The summed E-state index contributed by atoms with van der Waals surface area (Å²) in [6.07, 6.45) is -6.80. The van der Waals surface area contributed by atoms with Crippen LogP contribution in [-0.4, -0.2) is 18.1 Å². The van der Waals surface area contributed by atoms with Crippen LogP contribution in [0.5, 0.6) is 0 Å². The standard InChI is InChI=1S/C6H5F3O4/c7-6(8,9)2-3(5(12)13)1-4(10)11/h1H,2H2,(H,10,11)(H,12,13)/p-2/b3-1+. The van der Waals surface area contributed by atoms with E-state index in [9.17, 15) is 33.0 Å². The molecule has 0 aliphatic rings. The fraction of sp³-hybridized carbons (Fsp3) is 0.333. The number of carbonyl (C=O) groups excluding carboxylic acids is 2. The minimum absolute atomic E-state index is 0.150. The molecular weight excluding hydrogens is 193 g/mol. The van der Waals surface area contributed by atoms with E-state index in [-0.39, 0.29) is 6.08 Å². The molecule has 4 nitrogen and oxygen atoms in total. The molecule has 0 aromatic heterocycles. The first kappa shape index (κ1) is 11.5. The predicted octanol–water partition coefficient (Wildman–Crippen LogP) is -1.64. The average molecular weight is 196 g/mol. The van der Waals surface area contributed by atoms with Gasteiger partial charge in [0.15, 0.2) is 0 Å². The van der Waals surface area contributed by atoms with E-state index in [0.717, 1.165) is 0 Å². The van der Waals surface area contributed by atoms with Gasteiger partial charge in [0.05, 0.1) is 18.4 Å². The largest absolute Gasteiger partial charge is 0.545 e. The fourth-order valence-electron chi connectivity index (χ4n) is 0.540. The van der Waals surface area contributed by atoms with Gasteiger partial charge in [-0.25, -0.2) is 0 Å². The van der Waals surface area contributed by atoms with Crippen LogP contribution in [0.15, 0.2) is 11.6 Å². The van der Waals surface area contributed by atoms with Crippen molar-refractivity contribution in [2.45, 2.75) is 12.6 Å². The number of halogens is 3. The average Bonchev–Trinajstić information content (AvgIpc) is 1.81. The third-order valence-electron chi connectivity index (χ3n) is 0.945. The number of carbonyl (C=O) groups is 2. The zero-order valence-corrected chi connectivity index (χ0v) is 6.05. The van der Waals surface area contributed by atoms with E-state index in [0.29, 0.717) is 0 Å². The molecule has 0 unspecified atom stereocenters. The second-order valence-corrected chi connectivity index (χ2v) is 2.07. The van der Waals surface area contributed by atoms with Gasteiger partial charge in [-0.05, 0) is 11.6 Å². The van der Waals surface area contributed by atoms with E-state index in [2.05, 4.69) is 0 Å². The van der Waals surface area contributed by atoms with Gasteiger partial charge >= 0.3 is 6.18 Å². The summed E-state index contributed by atoms with van der Waals surface area (Å²) >= 11 is 0. The molecule has 0 aromatic rings. The molecule has 0 aliphatic carbocycles. The molecule has 7 heteroatoms. The van der Waals surface area contributed by atoms with Crippen molar-refractivity contribution >= 4 is 11.9 Å². The lowest BCUT2D eigenvalue weighted by Gasteiger charge is -2.11. The van der Waals surface area contributed by atoms with Gasteiger partial charge in [-0.15, -0.1) is 0 Å². The Morgan fingerprint density at radius 3 is 1.92 bits per heavy atom. The molecule has 13 heavy (non-hydrogen) atoms. The van der Waals surface area contributed by atoms with Crippen molar-refractivity contribution in [3.63, 3.8) is 0 Å².